The second-order valence-corrected chi connectivity index (χ2v) is 12.3. The number of amides is 1. The molecule has 3 saturated heterocycles. The van der Waals surface area contributed by atoms with Gasteiger partial charge < -0.3 is 15.6 Å². The highest BCUT2D eigenvalue weighted by Gasteiger charge is 2.42. The number of nitrogens with zero attached hydrogens (tertiary/aromatic N) is 2. The molecule has 0 saturated carbocycles. The topological polar surface area (TPSA) is 82.2 Å². The van der Waals surface area contributed by atoms with E-state index in [1.165, 1.54) is 16.7 Å². The standard InChI is InChI=1S/C33H36ClN5O2/c34-24-10-11-30-29(18-24)37-33(41)39(30)25-13-16-38(17-14-25)20-21-6-8-23(9-7-21)31-26(22-4-2-1-3-5-22)19-27-28(36-31)12-15-35-32(27)40/h1-11,18,25-28,31,36H,12-17,19-20H2,(H,35,40)(H,37,41). The number of likely N-dealkylation sites (tertiary alicyclic amines) is 1. The van der Waals surface area contributed by atoms with E-state index in [-0.39, 0.29) is 41.6 Å². The fraction of sp³-hybridized carbons (Fsp3) is 0.394. The van der Waals surface area contributed by atoms with E-state index in [1.54, 1.807) is 0 Å². The molecule has 0 spiro atoms. The zero-order valence-electron chi connectivity index (χ0n) is 23.1. The molecule has 0 aliphatic carbocycles. The van der Waals surface area contributed by atoms with Crippen LogP contribution in [0.1, 0.15) is 60.4 Å². The Morgan fingerprint density at radius 3 is 2.41 bits per heavy atom. The van der Waals surface area contributed by atoms with Gasteiger partial charge in [-0.1, -0.05) is 66.2 Å². The average molecular weight is 570 g/mol. The molecule has 212 valence electrons. The summed E-state index contributed by atoms with van der Waals surface area (Å²) in [5, 5.41) is 7.58. The normalized spacial score (nSPS) is 25.6. The zero-order chi connectivity index (χ0) is 27.9. The maximum absolute atomic E-state index is 12.7. The first-order valence-electron chi connectivity index (χ1n) is 14.8. The van der Waals surface area contributed by atoms with Gasteiger partial charge in [0.05, 0.1) is 17.0 Å². The van der Waals surface area contributed by atoms with E-state index < -0.39 is 0 Å². The van der Waals surface area contributed by atoms with Gasteiger partial charge in [0, 0.05) is 55.2 Å². The number of rotatable bonds is 5. The van der Waals surface area contributed by atoms with Crippen LogP contribution in [0.2, 0.25) is 5.02 Å². The van der Waals surface area contributed by atoms with E-state index in [9.17, 15) is 9.59 Å². The number of fused-ring (bicyclic) bond motifs is 2. The molecule has 3 aliphatic rings. The van der Waals surface area contributed by atoms with Crippen LogP contribution in [0.3, 0.4) is 0 Å². The molecule has 0 radical (unpaired) electrons. The lowest BCUT2D eigenvalue weighted by molar-refractivity contribution is -0.129. The number of aromatic amines is 1. The van der Waals surface area contributed by atoms with Crippen molar-refractivity contribution in [2.24, 2.45) is 5.92 Å². The largest absolute Gasteiger partial charge is 0.356 e. The summed E-state index contributed by atoms with van der Waals surface area (Å²) in [6.07, 6.45) is 3.71. The van der Waals surface area contributed by atoms with E-state index in [0.29, 0.717) is 5.02 Å². The van der Waals surface area contributed by atoms with Gasteiger partial charge in [-0.05, 0) is 60.6 Å². The summed E-state index contributed by atoms with van der Waals surface area (Å²) >= 11 is 6.13. The SMILES string of the molecule is O=C1NCCC2NC(c3ccc(CN4CCC(n5c(=O)[nH]c6cc(Cl)ccc65)CC4)cc3)C(c3ccccc3)CC12. The molecule has 3 aliphatic heterocycles. The van der Waals surface area contributed by atoms with Gasteiger partial charge in [0.2, 0.25) is 5.91 Å². The van der Waals surface area contributed by atoms with Crippen LogP contribution in [-0.2, 0) is 11.3 Å². The second kappa shape index (κ2) is 11.1. The van der Waals surface area contributed by atoms with Crippen LogP contribution in [0.4, 0.5) is 0 Å². The van der Waals surface area contributed by atoms with Crippen molar-refractivity contribution < 1.29 is 4.79 Å². The number of aromatic nitrogens is 2. The maximum Gasteiger partial charge on any atom is 0.326 e. The minimum Gasteiger partial charge on any atom is -0.356 e. The van der Waals surface area contributed by atoms with Gasteiger partial charge in [-0.15, -0.1) is 0 Å². The van der Waals surface area contributed by atoms with Crippen molar-refractivity contribution >= 4 is 28.5 Å². The summed E-state index contributed by atoms with van der Waals surface area (Å²) in [6, 6.07) is 25.9. The number of carbonyl (C=O) groups is 1. The third-order valence-corrected chi connectivity index (χ3v) is 9.69. The van der Waals surface area contributed by atoms with Gasteiger partial charge >= 0.3 is 5.69 Å². The Kier molecular flexibility index (Phi) is 7.19. The number of piperidine rings is 3. The highest BCUT2D eigenvalue weighted by atomic mass is 35.5. The first-order valence-corrected chi connectivity index (χ1v) is 15.2. The summed E-state index contributed by atoms with van der Waals surface area (Å²) in [4.78, 5) is 30.8. The van der Waals surface area contributed by atoms with Gasteiger partial charge in [0.25, 0.3) is 0 Å². The van der Waals surface area contributed by atoms with Crippen molar-refractivity contribution in [1.82, 2.24) is 25.1 Å². The van der Waals surface area contributed by atoms with Gasteiger partial charge in [0.1, 0.15) is 0 Å². The van der Waals surface area contributed by atoms with Crippen molar-refractivity contribution in [3.63, 3.8) is 0 Å². The Labute approximate surface area is 244 Å². The Bertz CT molecular complexity index is 1590. The highest BCUT2D eigenvalue weighted by molar-refractivity contribution is 6.31. The van der Waals surface area contributed by atoms with Crippen molar-refractivity contribution in [2.75, 3.05) is 19.6 Å². The Balaban J connectivity index is 1.03. The quantitative estimate of drug-likeness (QED) is 0.311. The molecule has 0 bridgehead atoms. The van der Waals surface area contributed by atoms with Crippen molar-refractivity contribution in [3.05, 3.63) is 105 Å². The molecule has 4 heterocycles. The second-order valence-electron chi connectivity index (χ2n) is 11.9. The average Bonchev–Trinajstić information content (AvgIpc) is 3.32. The first kappa shape index (κ1) is 26.5. The van der Waals surface area contributed by atoms with Crippen molar-refractivity contribution in [3.8, 4) is 0 Å². The number of halogens is 1. The van der Waals surface area contributed by atoms with Gasteiger partial charge in [-0.3, -0.25) is 14.3 Å². The first-order chi connectivity index (χ1) is 20.0. The van der Waals surface area contributed by atoms with Crippen LogP contribution >= 0.6 is 11.6 Å². The van der Waals surface area contributed by atoms with Gasteiger partial charge in [-0.25, -0.2) is 4.79 Å². The molecule has 3 aromatic carbocycles. The molecule has 7 rings (SSSR count). The van der Waals surface area contributed by atoms with Gasteiger partial charge in [0.15, 0.2) is 0 Å². The minimum atomic E-state index is -0.0541. The molecule has 4 aromatic rings. The summed E-state index contributed by atoms with van der Waals surface area (Å²) in [5.41, 5.74) is 5.54. The molecule has 7 nitrogen and oxygen atoms in total. The van der Waals surface area contributed by atoms with E-state index >= 15 is 0 Å². The predicted molar refractivity (Wildman–Crippen MR) is 162 cm³/mol. The summed E-state index contributed by atoms with van der Waals surface area (Å²) in [7, 11) is 0. The minimum absolute atomic E-state index is 0.0188. The fourth-order valence-corrected chi connectivity index (χ4v) is 7.51. The molecule has 41 heavy (non-hydrogen) atoms. The molecule has 4 unspecified atom stereocenters. The highest BCUT2D eigenvalue weighted by Crippen LogP contribution is 2.42. The summed E-state index contributed by atoms with van der Waals surface area (Å²) < 4.78 is 1.92. The molecule has 1 amide bonds. The third kappa shape index (κ3) is 5.23. The molecule has 3 N–H and O–H groups in total. The number of hydrogen-bond acceptors (Lipinski definition) is 4. The fourth-order valence-electron chi connectivity index (χ4n) is 7.34. The van der Waals surface area contributed by atoms with Crippen molar-refractivity contribution in [1.29, 1.82) is 0 Å². The molecule has 1 aromatic heterocycles. The van der Waals surface area contributed by atoms with E-state index in [2.05, 4.69) is 75.1 Å². The molecule has 4 atom stereocenters. The number of benzene rings is 3. The van der Waals surface area contributed by atoms with Gasteiger partial charge in [-0.2, -0.15) is 0 Å². The third-order valence-electron chi connectivity index (χ3n) is 9.45. The van der Waals surface area contributed by atoms with E-state index in [1.807, 2.05) is 22.8 Å². The van der Waals surface area contributed by atoms with Crippen LogP contribution in [-0.4, -0.2) is 46.0 Å². The van der Waals surface area contributed by atoms with Crippen LogP contribution in [0.5, 0.6) is 0 Å². The number of hydrogen-bond donors (Lipinski definition) is 3. The zero-order valence-corrected chi connectivity index (χ0v) is 23.8. The smallest absolute Gasteiger partial charge is 0.326 e. The van der Waals surface area contributed by atoms with Crippen LogP contribution < -0.4 is 16.3 Å². The molecule has 3 fully saturated rings. The number of nitrogens with one attached hydrogen (secondary N) is 3. The molecular weight excluding hydrogens is 534 g/mol. The lowest BCUT2D eigenvalue weighted by Gasteiger charge is -2.44. The van der Waals surface area contributed by atoms with Crippen LogP contribution in [0.15, 0.2) is 77.6 Å². The Morgan fingerprint density at radius 1 is 0.854 bits per heavy atom. The van der Waals surface area contributed by atoms with Crippen LogP contribution in [0, 0.1) is 5.92 Å². The monoisotopic (exact) mass is 569 g/mol. The Morgan fingerprint density at radius 2 is 1.63 bits per heavy atom. The number of carbonyl (C=O) groups excluding carboxylic acids is 1. The number of H-pyrrole nitrogens is 1. The summed E-state index contributed by atoms with van der Waals surface area (Å²) in [6.45, 7) is 3.54. The lowest BCUT2D eigenvalue weighted by atomic mass is 9.72. The number of imidazole rings is 1. The predicted octanol–water partition coefficient (Wildman–Crippen LogP) is 5.14. The summed E-state index contributed by atoms with van der Waals surface area (Å²) in [5.74, 6) is 0.451. The molecular formula is C33H36ClN5O2. The Hall–Kier alpha value is -3.39. The van der Waals surface area contributed by atoms with E-state index in [4.69, 9.17) is 11.6 Å². The van der Waals surface area contributed by atoms with Crippen LogP contribution in [0.25, 0.3) is 11.0 Å². The molecule has 8 heteroatoms. The van der Waals surface area contributed by atoms with E-state index in [0.717, 1.165) is 62.9 Å². The maximum atomic E-state index is 12.7. The van der Waals surface area contributed by atoms with Crippen molar-refractivity contribution in [2.45, 2.75) is 56.3 Å². The lowest BCUT2D eigenvalue weighted by Crippen LogP contribution is -2.56.